The number of nitrogens with zero attached hydrogens (tertiary/aromatic N) is 2. The molecule has 2 unspecified atom stereocenters. The number of amides is 2. The first kappa shape index (κ1) is 15.0. The van der Waals surface area contributed by atoms with E-state index in [0.29, 0.717) is 18.9 Å². The summed E-state index contributed by atoms with van der Waals surface area (Å²) in [6.07, 6.45) is 0.700. The van der Waals surface area contributed by atoms with E-state index in [9.17, 15) is 9.59 Å². The number of rotatable bonds is 4. The molecule has 0 aliphatic carbocycles. The highest BCUT2D eigenvalue weighted by Gasteiger charge is 2.40. The van der Waals surface area contributed by atoms with Crippen molar-refractivity contribution in [1.29, 1.82) is 0 Å². The van der Waals surface area contributed by atoms with Crippen molar-refractivity contribution in [3.8, 4) is 0 Å². The van der Waals surface area contributed by atoms with E-state index in [1.54, 1.807) is 16.8 Å². The molecule has 2 amide bonds. The zero-order valence-corrected chi connectivity index (χ0v) is 13.2. The molecule has 0 radical (unpaired) electrons. The summed E-state index contributed by atoms with van der Waals surface area (Å²) in [5, 5.41) is 3.20. The van der Waals surface area contributed by atoms with E-state index in [2.05, 4.69) is 5.32 Å². The minimum atomic E-state index is -0.330. The molecule has 22 heavy (non-hydrogen) atoms. The molecule has 2 saturated heterocycles. The van der Waals surface area contributed by atoms with Gasteiger partial charge in [0.05, 0.1) is 0 Å². The van der Waals surface area contributed by atoms with Gasteiger partial charge in [0.1, 0.15) is 6.04 Å². The lowest BCUT2D eigenvalue weighted by Gasteiger charge is -2.35. The van der Waals surface area contributed by atoms with Crippen LogP contribution in [0.3, 0.4) is 0 Å². The van der Waals surface area contributed by atoms with E-state index in [4.69, 9.17) is 0 Å². The van der Waals surface area contributed by atoms with Crippen LogP contribution in [0.15, 0.2) is 30.3 Å². The van der Waals surface area contributed by atoms with Gasteiger partial charge in [0.25, 0.3) is 0 Å². The van der Waals surface area contributed by atoms with Crippen molar-refractivity contribution in [3.05, 3.63) is 30.3 Å². The fourth-order valence-electron chi connectivity index (χ4n) is 3.23. The van der Waals surface area contributed by atoms with Crippen LogP contribution in [0.1, 0.15) is 13.3 Å². The summed E-state index contributed by atoms with van der Waals surface area (Å²) in [6.45, 7) is 4.44. The van der Waals surface area contributed by atoms with E-state index in [0.717, 1.165) is 18.8 Å². The summed E-state index contributed by atoms with van der Waals surface area (Å²) in [5.41, 5.74) is 0.909. The monoisotopic (exact) mass is 301 g/mol. The van der Waals surface area contributed by atoms with E-state index in [1.165, 1.54) is 0 Å². The molecule has 2 aliphatic heterocycles. The molecule has 1 aromatic rings. The van der Waals surface area contributed by atoms with Crippen molar-refractivity contribution in [2.24, 2.45) is 11.8 Å². The van der Waals surface area contributed by atoms with Crippen LogP contribution < -0.4 is 10.2 Å². The van der Waals surface area contributed by atoms with Crippen molar-refractivity contribution in [2.45, 2.75) is 19.4 Å². The minimum absolute atomic E-state index is 0.0233. The van der Waals surface area contributed by atoms with Crippen LogP contribution in [0.4, 0.5) is 5.69 Å². The number of likely N-dealkylation sites (N-methyl/N-ethyl adjacent to an activating group) is 1. The summed E-state index contributed by atoms with van der Waals surface area (Å²) in [6, 6.07) is 9.33. The Morgan fingerprint density at radius 2 is 2.00 bits per heavy atom. The topological polar surface area (TPSA) is 52.7 Å². The molecule has 0 spiro atoms. The molecule has 2 fully saturated rings. The largest absolute Gasteiger partial charge is 0.333 e. The maximum atomic E-state index is 12.6. The first-order valence-electron chi connectivity index (χ1n) is 7.93. The van der Waals surface area contributed by atoms with Gasteiger partial charge in [-0.25, -0.2) is 0 Å². The van der Waals surface area contributed by atoms with Crippen molar-refractivity contribution < 1.29 is 9.59 Å². The van der Waals surface area contributed by atoms with Gasteiger partial charge in [-0.1, -0.05) is 25.1 Å². The van der Waals surface area contributed by atoms with E-state index < -0.39 is 0 Å². The molecule has 5 heteroatoms. The lowest BCUT2D eigenvalue weighted by atomic mass is 9.87. The van der Waals surface area contributed by atoms with Gasteiger partial charge in [-0.2, -0.15) is 0 Å². The molecule has 2 aliphatic rings. The highest BCUT2D eigenvalue weighted by Crippen LogP contribution is 2.26. The molecule has 2 atom stereocenters. The van der Waals surface area contributed by atoms with Gasteiger partial charge in [0.15, 0.2) is 0 Å². The van der Waals surface area contributed by atoms with Gasteiger partial charge >= 0.3 is 0 Å². The standard InChI is InChI=1S/C17H23N3O2/c1-12(13-10-18-11-13)16(21)19(2)15-8-9-20(17(15)22)14-6-4-3-5-7-14/h3-7,12-13,15,18H,8-11H2,1-2H3. The first-order chi connectivity index (χ1) is 10.6. The van der Waals surface area contributed by atoms with Gasteiger partial charge in [0.2, 0.25) is 11.8 Å². The fourth-order valence-corrected chi connectivity index (χ4v) is 3.23. The van der Waals surface area contributed by atoms with E-state index >= 15 is 0 Å². The third kappa shape index (κ3) is 2.61. The average Bonchev–Trinajstić information content (AvgIpc) is 2.86. The molecule has 3 rings (SSSR count). The maximum absolute atomic E-state index is 12.6. The van der Waals surface area contributed by atoms with Gasteiger partial charge in [-0.3, -0.25) is 9.59 Å². The number of benzene rings is 1. The smallest absolute Gasteiger partial charge is 0.249 e. The SMILES string of the molecule is CC(C(=O)N(C)C1CCN(c2ccccc2)C1=O)C1CNC1. The third-order valence-electron chi connectivity index (χ3n) is 4.97. The number of nitrogens with one attached hydrogen (secondary N) is 1. The molecule has 1 N–H and O–H groups in total. The summed E-state index contributed by atoms with van der Waals surface area (Å²) in [5.74, 6) is 0.488. The molecule has 5 nitrogen and oxygen atoms in total. The summed E-state index contributed by atoms with van der Waals surface area (Å²) < 4.78 is 0. The highest BCUT2D eigenvalue weighted by molar-refractivity contribution is 6.01. The quantitative estimate of drug-likeness (QED) is 0.906. The second-order valence-corrected chi connectivity index (χ2v) is 6.29. The zero-order chi connectivity index (χ0) is 15.7. The zero-order valence-electron chi connectivity index (χ0n) is 13.2. The number of carbonyl (C=O) groups is 2. The predicted octanol–water partition coefficient (Wildman–Crippen LogP) is 1.11. The van der Waals surface area contributed by atoms with Crippen LogP contribution in [0.5, 0.6) is 0 Å². The van der Waals surface area contributed by atoms with Crippen LogP contribution >= 0.6 is 0 Å². The molecular formula is C17H23N3O2. The number of para-hydroxylation sites is 1. The van der Waals surface area contributed by atoms with Gasteiger partial charge in [-0.05, 0) is 37.6 Å². The maximum Gasteiger partial charge on any atom is 0.249 e. The van der Waals surface area contributed by atoms with Crippen LogP contribution in [-0.2, 0) is 9.59 Å². The molecule has 118 valence electrons. The highest BCUT2D eigenvalue weighted by atomic mass is 16.2. The summed E-state index contributed by atoms with van der Waals surface area (Å²) in [4.78, 5) is 28.7. The first-order valence-corrected chi connectivity index (χ1v) is 7.93. The van der Waals surface area contributed by atoms with Crippen LogP contribution in [0.2, 0.25) is 0 Å². The Morgan fingerprint density at radius 3 is 2.59 bits per heavy atom. The van der Waals surface area contributed by atoms with E-state index in [1.807, 2.05) is 37.3 Å². The average molecular weight is 301 g/mol. The molecule has 0 saturated carbocycles. The molecule has 1 aromatic carbocycles. The lowest BCUT2D eigenvalue weighted by Crippen LogP contribution is -2.52. The summed E-state index contributed by atoms with van der Waals surface area (Å²) in [7, 11) is 1.77. The van der Waals surface area contributed by atoms with Crippen LogP contribution in [-0.4, -0.2) is 49.4 Å². The van der Waals surface area contributed by atoms with Crippen molar-refractivity contribution in [1.82, 2.24) is 10.2 Å². The Hall–Kier alpha value is -1.88. The molecule has 2 heterocycles. The fraction of sp³-hybridized carbons (Fsp3) is 0.529. The Balaban J connectivity index is 1.67. The second kappa shape index (κ2) is 6.08. The number of hydrogen-bond acceptors (Lipinski definition) is 3. The van der Waals surface area contributed by atoms with Crippen LogP contribution in [0, 0.1) is 11.8 Å². The van der Waals surface area contributed by atoms with Crippen molar-refractivity contribution in [3.63, 3.8) is 0 Å². The Morgan fingerprint density at radius 1 is 1.32 bits per heavy atom. The summed E-state index contributed by atoms with van der Waals surface area (Å²) >= 11 is 0. The van der Waals surface area contributed by atoms with Crippen molar-refractivity contribution in [2.75, 3.05) is 31.6 Å². The molecule has 0 bridgehead atoms. The number of hydrogen-bond donors (Lipinski definition) is 1. The van der Waals surface area contributed by atoms with Crippen molar-refractivity contribution >= 4 is 17.5 Å². The third-order valence-corrected chi connectivity index (χ3v) is 4.97. The second-order valence-electron chi connectivity index (χ2n) is 6.29. The van der Waals surface area contributed by atoms with Crippen LogP contribution in [0.25, 0.3) is 0 Å². The normalized spacial score (nSPS) is 23.3. The van der Waals surface area contributed by atoms with E-state index in [-0.39, 0.29) is 23.8 Å². The molecular weight excluding hydrogens is 278 g/mol. The molecule has 0 aromatic heterocycles. The van der Waals surface area contributed by atoms with Gasteiger partial charge in [0, 0.05) is 25.2 Å². The van der Waals surface area contributed by atoms with Gasteiger partial charge < -0.3 is 15.1 Å². The Bertz CT molecular complexity index is 556. The Labute approximate surface area is 131 Å². The number of carbonyl (C=O) groups excluding carboxylic acids is 2. The van der Waals surface area contributed by atoms with Gasteiger partial charge in [-0.15, -0.1) is 0 Å². The number of anilines is 1. The minimum Gasteiger partial charge on any atom is -0.333 e. The Kier molecular flexibility index (Phi) is 4.16. The lowest BCUT2D eigenvalue weighted by molar-refractivity contribution is -0.141. The predicted molar refractivity (Wildman–Crippen MR) is 85.5 cm³/mol.